The minimum Gasteiger partial charge on any atom is -0.497 e. The van der Waals surface area contributed by atoms with Crippen molar-refractivity contribution in [1.29, 1.82) is 0 Å². The Hall–Kier alpha value is -3.49. The van der Waals surface area contributed by atoms with E-state index in [4.69, 9.17) is 14.3 Å². The number of methoxy groups -OCH3 is 1. The molecular formula is C21H18F3NO5. The molecule has 1 aromatic heterocycles. The molecule has 0 fully saturated rings. The molecule has 0 saturated carbocycles. The molecule has 1 aliphatic carbocycles. The van der Waals surface area contributed by atoms with E-state index < -0.39 is 29.4 Å². The first-order valence-corrected chi connectivity index (χ1v) is 8.94. The second-order valence-electron chi connectivity index (χ2n) is 6.65. The third kappa shape index (κ3) is 4.91. The first-order chi connectivity index (χ1) is 14.2. The minimum atomic E-state index is -4.86. The van der Waals surface area contributed by atoms with Crippen molar-refractivity contribution in [2.75, 3.05) is 7.11 Å². The molecule has 3 rings (SSSR count). The third-order valence-corrected chi connectivity index (χ3v) is 4.49. The Morgan fingerprint density at radius 1 is 1.27 bits per heavy atom. The van der Waals surface area contributed by atoms with E-state index in [-0.39, 0.29) is 18.1 Å². The predicted octanol–water partition coefficient (Wildman–Crippen LogP) is 4.64. The van der Waals surface area contributed by atoms with Crippen LogP contribution in [0.25, 0.3) is 11.3 Å². The monoisotopic (exact) mass is 421 g/mol. The van der Waals surface area contributed by atoms with Crippen molar-refractivity contribution in [3.63, 3.8) is 0 Å². The van der Waals surface area contributed by atoms with Crippen LogP contribution in [0.1, 0.15) is 29.0 Å². The summed E-state index contributed by atoms with van der Waals surface area (Å²) in [4.78, 5) is 23.3. The Bertz CT molecular complexity index is 1000. The number of benzene rings is 1. The van der Waals surface area contributed by atoms with E-state index in [1.54, 1.807) is 24.3 Å². The molecule has 0 saturated heterocycles. The number of halogens is 3. The summed E-state index contributed by atoms with van der Waals surface area (Å²) in [6.45, 7) is 0. The van der Waals surface area contributed by atoms with Crippen molar-refractivity contribution in [2.24, 2.45) is 5.92 Å². The van der Waals surface area contributed by atoms with Crippen molar-refractivity contribution >= 4 is 11.9 Å². The molecule has 30 heavy (non-hydrogen) atoms. The van der Waals surface area contributed by atoms with Crippen LogP contribution in [0.3, 0.4) is 0 Å². The second kappa shape index (κ2) is 8.48. The maximum atomic E-state index is 13.4. The van der Waals surface area contributed by atoms with E-state index in [0.717, 1.165) is 6.07 Å². The molecule has 1 aliphatic rings. The summed E-state index contributed by atoms with van der Waals surface area (Å²) in [5.41, 5.74) is 0.00544. The van der Waals surface area contributed by atoms with Crippen LogP contribution in [0.5, 0.6) is 5.75 Å². The molecule has 2 N–H and O–H groups in total. The summed E-state index contributed by atoms with van der Waals surface area (Å²) in [6, 6.07) is 7.22. The summed E-state index contributed by atoms with van der Waals surface area (Å²) in [5.74, 6) is -3.14. The summed E-state index contributed by atoms with van der Waals surface area (Å²) in [7, 11) is 1.46. The molecule has 0 radical (unpaired) electrons. The standard InChI is InChI=1S/C21H18F3NO5/c1-29-15-8-4-13(5-9-15)17-11-16(19(30-17)21(22,23)24)20(28)25-14-6-2-12(3-7-14)10-18(26)27/h2,4-9,11-12H,3,10H2,1H3,(H,25,28)(H,26,27). The Balaban J connectivity index is 1.83. The van der Waals surface area contributed by atoms with E-state index in [2.05, 4.69) is 5.32 Å². The van der Waals surface area contributed by atoms with Crippen LogP contribution in [-0.4, -0.2) is 24.1 Å². The lowest BCUT2D eigenvalue weighted by Crippen LogP contribution is -2.25. The first kappa shape index (κ1) is 21.2. The molecule has 0 aliphatic heterocycles. The number of allylic oxidation sites excluding steroid dienone is 3. The van der Waals surface area contributed by atoms with Gasteiger partial charge in [-0.1, -0.05) is 12.2 Å². The molecule has 2 aromatic rings. The summed E-state index contributed by atoms with van der Waals surface area (Å²) in [5, 5.41) is 11.2. The highest BCUT2D eigenvalue weighted by atomic mass is 19.4. The fraction of sp³-hybridized carbons (Fsp3) is 0.238. The lowest BCUT2D eigenvalue weighted by molar-refractivity contribution is -0.153. The Morgan fingerprint density at radius 2 is 1.97 bits per heavy atom. The van der Waals surface area contributed by atoms with Crippen LogP contribution in [0, 0.1) is 5.92 Å². The number of aliphatic carboxylic acids is 1. The van der Waals surface area contributed by atoms with E-state index in [9.17, 15) is 22.8 Å². The van der Waals surface area contributed by atoms with Crippen LogP contribution in [0.4, 0.5) is 13.2 Å². The van der Waals surface area contributed by atoms with Gasteiger partial charge in [0.25, 0.3) is 5.91 Å². The average Bonchev–Trinajstić information content (AvgIpc) is 3.15. The number of alkyl halides is 3. The van der Waals surface area contributed by atoms with E-state index in [1.165, 1.54) is 25.3 Å². The van der Waals surface area contributed by atoms with Crippen molar-refractivity contribution in [3.8, 4) is 17.1 Å². The smallest absolute Gasteiger partial charge is 0.450 e. The first-order valence-electron chi connectivity index (χ1n) is 8.94. The quantitative estimate of drug-likeness (QED) is 0.710. The number of carboxylic acid groups (broad SMARTS) is 1. The fourth-order valence-electron chi connectivity index (χ4n) is 3.00. The largest absolute Gasteiger partial charge is 0.497 e. The number of nitrogens with one attached hydrogen (secondary N) is 1. The zero-order chi connectivity index (χ0) is 21.9. The van der Waals surface area contributed by atoms with Crippen LogP contribution in [-0.2, 0) is 11.0 Å². The van der Waals surface area contributed by atoms with Gasteiger partial charge < -0.3 is 19.6 Å². The molecule has 0 spiro atoms. The predicted molar refractivity (Wildman–Crippen MR) is 101 cm³/mol. The topological polar surface area (TPSA) is 88.8 Å². The molecular weight excluding hydrogens is 403 g/mol. The third-order valence-electron chi connectivity index (χ3n) is 4.49. The highest BCUT2D eigenvalue weighted by Crippen LogP contribution is 2.37. The highest BCUT2D eigenvalue weighted by molar-refractivity contribution is 5.97. The number of furan rings is 1. The van der Waals surface area contributed by atoms with Gasteiger partial charge in [-0.05, 0) is 48.7 Å². The maximum absolute atomic E-state index is 13.4. The van der Waals surface area contributed by atoms with Crippen molar-refractivity contribution < 1.29 is 37.0 Å². The average molecular weight is 421 g/mol. The Labute approximate surface area is 169 Å². The van der Waals surface area contributed by atoms with E-state index in [0.29, 0.717) is 23.4 Å². The van der Waals surface area contributed by atoms with Crippen LogP contribution >= 0.6 is 0 Å². The highest BCUT2D eigenvalue weighted by Gasteiger charge is 2.40. The van der Waals surface area contributed by atoms with E-state index >= 15 is 0 Å². The van der Waals surface area contributed by atoms with Gasteiger partial charge in [-0.15, -0.1) is 0 Å². The molecule has 9 heteroatoms. The molecule has 1 aromatic carbocycles. The maximum Gasteiger partial charge on any atom is 0.450 e. The minimum absolute atomic E-state index is 0.0700. The zero-order valence-electron chi connectivity index (χ0n) is 15.8. The SMILES string of the molecule is COc1ccc(-c2cc(C(=O)NC3=CCC(CC(=O)O)C=C3)c(C(F)(F)F)o2)cc1. The molecule has 1 amide bonds. The van der Waals surface area contributed by atoms with Gasteiger partial charge in [0.05, 0.1) is 19.1 Å². The number of rotatable bonds is 6. The zero-order valence-corrected chi connectivity index (χ0v) is 15.8. The second-order valence-corrected chi connectivity index (χ2v) is 6.65. The number of carbonyl (C=O) groups is 2. The van der Waals surface area contributed by atoms with Crippen LogP contribution < -0.4 is 10.1 Å². The van der Waals surface area contributed by atoms with Gasteiger partial charge in [0, 0.05) is 11.3 Å². The van der Waals surface area contributed by atoms with Crippen LogP contribution in [0.15, 0.2) is 58.7 Å². The van der Waals surface area contributed by atoms with Gasteiger partial charge in [0.2, 0.25) is 5.76 Å². The number of carboxylic acids is 1. The van der Waals surface area contributed by atoms with Crippen molar-refractivity contribution in [1.82, 2.24) is 5.32 Å². The molecule has 1 heterocycles. The van der Waals surface area contributed by atoms with Crippen LogP contribution in [0.2, 0.25) is 0 Å². The Morgan fingerprint density at radius 3 is 2.50 bits per heavy atom. The molecule has 6 nitrogen and oxygen atoms in total. The molecule has 158 valence electrons. The summed E-state index contributed by atoms with van der Waals surface area (Å²) in [6.07, 6.45) is 0.0791. The fourth-order valence-corrected chi connectivity index (χ4v) is 3.00. The van der Waals surface area contributed by atoms with Gasteiger partial charge in [0.15, 0.2) is 0 Å². The lowest BCUT2D eigenvalue weighted by Gasteiger charge is -2.15. The van der Waals surface area contributed by atoms with Crippen molar-refractivity contribution in [3.05, 3.63) is 65.6 Å². The van der Waals surface area contributed by atoms with E-state index in [1.807, 2.05) is 0 Å². The molecule has 0 bridgehead atoms. The number of ether oxygens (including phenoxy) is 1. The summed E-state index contributed by atoms with van der Waals surface area (Å²) < 4.78 is 50.3. The number of carbonyl (C=O) groups excluding carboxylic acids is 1. The normalized spacial score (nSPS) is 16.1. The molecule has 1 atom stereocenters. The Kier molecular flexibility index (Phi) is 6.00. The molecule has 1 unspecified atom stereocenters. The summed E-state index contributed by atoms with van der Waals surface area (Å²) >= 11 is 0. The number of hydrogen-bond donors (Lipinski definition) is 2. The van der Waals surface area contributed by atoms with Gasteiger partial charge >= 0.3 is 12.1 Å². The number of amides is 1. The van der Waals surface area contributed by atoms with Gasteiger partial charge in [-0.2, -0.15) is 13.2 Å². The van der Waals surface area contributed by atoms with Crippen molar-refractivity contribution in [2.45, 2.75) is 19.0 Å². The van der Waals surface area contributed by atoms with Gasteiger partial charge in [-0.25, -0.2) is 0 Å². The lowest BCUT2D eigenvalue weighted by atomic mass is 9.96. The van der Waals surface area contributed by atoms with Gasteiger partial charge in [-0.3, -0.25) is 9.59 Å². The van der Waals surface area contributed by atoms with Gasteiger partial charge in [0.1, 0.15) is 11.5 Å². The number of hydrogen-bond acceptors (Lipinski definition) is 4.